The molecule has 0 amide bonds. The van der Waals surface area contributed by atoms with Gasteiger partial charge in [-0.05, 0) is 26.2 Å². The van der Waals surface area contributed by atoms with E-state index in [-0.39, 0.29) is 13.2 Å². The Morgan fingerprint density at radius 1 is 1.10 bits per heavy atom. The Kier molecular flexibility index (Phi) is 11.3. The molecule has 0 radical (unpaired) electrons. The molecule has 0 spiro atoms. The van der Waals surface area contributed by atoms with Gasteiger partial charge in [0, 0.05) is 26.9 Å². The van der Waals surface area contributed by atoms with Crippen molar-refractivity contribution >= 4 is 0 Å². The first-order valence-corrected chi connectivity index (χ1v) is 7.26. The second kappa shape index (κ2) is 11.4. The normalized spacial score (nSPS) is 17.7. The van der Waals surface area contributed by atoms with Gasteiger partial charge in [-0.1, -0.05) is 6.92 Å². The predicted molar refractivity (Wildman–Crippen MR) is 75.7 cm³/mol. The average molecular weight is 294 g/mol. The summed E-state index contributed by atoms with van der Waals surface area (Å²) in [7, 11) is 1.58. The number of aliphatic hydroxyl groups excluding tert-OH is 3. The molecule has 0 aromatic rings. The molecule has 0 fully saturated rings. The molecule has 0 bridgehead atoms. The Morgan fingerprint density at radius 2 is 1.80 bits per heavy atom. The monoisotopic (exact) mass is 294 g/mol. The second-order valence-corrected chi connectivity index (χ2v) is 4.79. The van der Waals surface area contributed by atoms with Crippen molar-refractivity contribution in [3.8, 4) is 0 Å². The van der Waals surface area contributed by atoms with Crippen molar-refractivity contribution in [1.82, 2.24) is 0 Å². The number of rotatable bonds is 13. The van der Waals surface area contributed by atoms with Crippen LogP contribution in [0.1, 0.15) is 33.1 Å². The van der Waals surface area contributed by atoms with Crippen molar-refractivity contribution < 1.29 is 29.5 Å². The molecular weight excluding hydrogens is 264 g/mol. The number of ether oxygens (including phenoxy) is 3. The number of hydrogen-bond acceptors (Lipinski definition) is 6. The summed E-state index contributed by atoms with van der Waals surface area (Å²) in [6.45, 7) is 4.59. The van der Waals surface area contributed by atoms with Gasteiger partial charge in [-0.2, -0.15) is 0 Å². The summed E-state index contributed by atoms with van der Waals surface area (Å²) in [6, 6.07) is 0. The van der Waals surface area contributed by atoms with Crippen LogP contribution < -0.4 is 0 Å². The molecule has 3 N–H and O–H groups in total. The van der Waals surface area contributed by atoms with Crippen LogP contribution in [0.25, 0.3) is 0 Å². The van der Waals surface area contributed by atoms with Crippen LogP contribution in [-0.4, -0.2) is 73.3 Å². The van der Waals surface area contributed by atoms with Crippen LogP contribution in [0.15, 0.2) is 0 Å². The van der Waals surface area contributed by atoms with Crippen molar-refractivity contribution in [1.29, 1.82) is 0 Å². The molecule has 3 unspecified atom stereocenters. The summed E-state index contributed by atoms with van der Waals surface area (Å²) in [5.74, 6) is 0. The minimum atomic E-state index is -1.41. The Labute approximate surface area is 121 Å². The molecule has 6 nitrogen and oxygen atoms in total. The van der Waals surface area contributed by atoms with E-state index >= 15 is 0 Å². The third-order valence-electron chi connectivity index (χ3n) is 3.24. The van der Waals surface area contributed by atoms with Gasteiger partial charge in [0.1, 0.15) is 11.7 Å². The third-order valence-corrected chi connectivity index (χ3v) is 3.24. The fourth-order valence-electron chi connectivity index (χ4n) is 2.09. The van der Waals surface area contributed by atoms with Crippen molar-refractivity contribution in [2.45, 2.75) is 50.9 Å². The van der Waals surface area contributed by atoms with Crippen molar-refractivity contribution in [3.05, 3.63) is 0 Å². The maximum absolute atomic E-state index is 10.3. The molecule has 0 aromatic carbocycles. The minimum absolute atomic E-state index is 0.0235. The highest BCUT2D eigenvalue weighted by molar-refractivity contribution is 4.95. The molecule has 122 valence electrons. The molecule has 20 heavy (non-hydrogen) atoms. The van der Waals surface area contributed by atoms with Crippen LogP contribution in [0, 0.1) is 0 Å². The minimum Gasteiger partial charge on any atom is -0.393 e. The lowest BCUT2D eigenvalue weighted by Crippen LogP contribution is -2.58. The Bertz CT molecular complexity index is 208. The van der Waals surface area contributed by atoms with Gasteiger partial charge in [-0.3, -0.25) is 0 Å². The predicted octanol–water partition coefficient (Wildman–Crippen LogP) is 0.329. The second-order valence-electron chi connectivity index (χ2n) is 4.79. The van der Waals surface area contributed by atoms with Gasteiger partial charge in [-0.25, -0.2) is 0 Å². The molecule has 0 heterocycles. The number of aliphatic hydroxyl groups is 3. The molecule has 0 aliphatic rings. The van der Waals surface area contributed by atoms with Crippen LogP contribution in [0.2, 0.25) is 0 Å². The SMILES string of the molecule is CCCOCC(O)C(CO)(OCC)C(O)CCCOC. The van der Waals surface area contributed by atoms with Crippen molar-refractivity contribution in [3.63, 3.8) is 0 Å². The molecule has 6 heteroatoms. The highest BCUT2D eigenvalue weighted by Crippen LogP contribution is 2.25. The number of methoxy groups -OCH3 is 1. The largest absolute Gasteiger partial charge is 0.393 e. The first-order chi connectivity index (χ1) is 9.58. The Morgan fingerprint density at radius 3 is 2.30 bits per heavy atom. The van der Waals surface area contributed by atoms with E-state index in [4.69, 9.17) is 14.2 Å². The topological polar surface area (TPSA) is 88.4 Å². The summed E-state index contributed by atoms with van der Waals surface area (Å²) >= 11 is 0. The highest BCUT2D eigenvalue weighted by atomic mass is 16.5. The van der Waals surface area contributed by atoms with Gasteiger partial charge in [0.25, 0.3) is 0 Å². The summed E-state index contributed by atoms with van der Waals surface area (Å²) in [5.41, 5.74) is -1.41. The summed E-state index contributed by atoms with van der Waals surface area (Å²) in [5, 5.41) is 30.2. The van der Waals surface area contributed by atoms with E-state index in [0.717, 1.165) is 6.42 Å². The van der Waals surface area contributed by atoms with Gasteiger partial charge in [0.2, 0.25) is 0 Å². The molecule has 0 saturated heterocycles. The summed E-state index contributed by atoms with van der Waals surface area (Å²) < 4.78 is 15.7. The van der Waals surface area contributed by atoms with E-state index in [2.05, 4.69) is 0 Å². The zero-order chi connectivity index (χ0) is 15.4. The lowest BCUT2D eigenvalue weighted by molar-refractivity contribution is -0.211. The number of hydrogen-bond donors (Lipinski definition) is 3. The fourth-order valence-corrected chi connectivity index (χ4v) is 2.09. The van der Waals surface area contributed by atoms with Crippen LogP contribution >= 0.6 is 0 Å². The molecular formula is C14H30O6. The molecule has 3 atom stereocenters. The lowest BCUT2D eigenvalue weighted by Gasteiger charge is -2.40. The van der Waals surface area contributed by atoms with Gasteiger partial charge in [-0.15, -0.1) is 0 Å². The van der Waals surface area contributed by atoms with Crippen LogP contribution in [-0.2, 0) is 14.2 Å². The van der Waals surface area contributed by atoms with Gasteiger partial charge in [0.05, 0.1) is 19.3 Å². The Balaban J connectivity index is 4.68. The van der Waals surface area contributed by atoms with E-state index < -0.39 is 24.4 Å². The standard InChI is InChI=1S/C14H30O6/c1-4-8-19-10-13(17)14(11-15,20-5-2)12(16)7-6-9-18-3/h12-13,15-17H,4-11H2,1-3H3. The molecule has 0 aliphatic carbocycles. The van der Waals surface area contributed by atoms with E-state index in [1.807, 2.05) is 6.92 Å². The van der Waals surface area contributed by atoms with Crippen LogP contribution in [0.4, 0.5) is 0 Å². The van der Waals surface area contributed by atoms with Gasteiger partial charge < -0.3 is 29.5 Å². The van der Waals surface area contributed by atoms with Crippen molar-refractivity contribution in [2.75, 3.05) is 40.1 Å². The first-order valence-electron chi connectivity index (χ1n) is 7.26. The zero-order valence-corrected chi connectivity index (χ0v) is 12.9. The summed E-state index contributed by atoms with van der Waals surface area (Å²) in [4.78, 5) is 0. The molecule has 0 rings (SSSR count). The lowest BCUT2D eigenvalue weighted by atomic mass is 9.88. The smallest absolute Gasteiger partial charge is 0.145 e. The maximum Gasteiger partial charge on any atom is 0.145 e. The van der Waals surface area contributed by atoms with E-state index in [9.17, 15) is 15.3 Å². The van der Waals surface area contributed by atoms with Gasteiger partial charge >= 0.3 is 0 Å². The van der Waals surface area contributed by atoms with E-state index in [1.165, 1.54) is 0 Å². The van der Waals surface area contributed by atoms with Crippen LogP contribution in [0.3, 0.4) is 0 Å². The van der Waals surface area contributed by atoms with E-state index in [1.54, 1.807) is 14.0 Å². The molecule has 0 saturated carbocycles. The average Bonchev–Trinajstić information content (AvgIpc) is 2.45. The Hall–Kier alpha value is -0.240. The summed E-state index contributed by atoms with van der Waals surface area (Å²) in [6.07, 6.45) is -0.239. The van der Waals surface area contributed by atoms with Gasteiger partial charge in [0.15, 0.2) is 0 Å². The molecule has 0 aromatic heterocycles. The van der Waals surface area contributed by atoms with Crippen molar-refractivity contribution in [2.24, 2.45) is 0 Å². The third kappa shape index (κ3) is 6.03. The van der Waals surface area contributed by atoms with E-state index in [0.29, 0.717) is 26.1 Å². The molecule has 0 aliphatic heterocycles. The maximum atomic E-state index is 10.3. The fraction of sp³-hybridized carbons (Fsp3) is 1.00. The zero-order valence-electron chi connectivity index (χ0n) is 12.9. The quantitative estimate of drug-likeness (QED) is 0.424. The first kappa shape index (κ1) is 19.8. The highest BCUT2D eigenvalue weighted by Gasteiger charge is 2.45. The van der Waals surface area contributed by atoms with Crippen LogP contribution in [0.5, 0.6) is 0 Å².